The van der Waals surface area contributed by atoms with E-state index in [1.807, 2.05) is 51.1 Å². The van der Waals surface area contributed by atoms with Crippen molar-refractivity contribution in [3.05, 3.63) is 53.9 Å². The molecular formula is C25H33NO6. The molecular weight excluding hydrogens is 410 g/mol. The Labute approximate surface area is 189 Å². The zero-order valence-electron chi connectivity index (χ0n) is 19.6. The van der Waals surface area contributed by atoms with E-state index in [0.29, 0.717) is 6.42 Å². The number of benzene rings is 1. The summed E-state index contributed by atoms with van der Waals surface area (Å²) in [6.45, 7) is 7.40. The Kier molecular flexibility index (Phi) is 8.78. The number of methoxy groups -OCH3 is 2. The summed E-state index contributed by atoms with van der Waals surface area (Å²) in [5.41, 5.74) is 0.457. The topological polar surface area (TPSA) is 95.0 Å². The average molecular weight is 444 g/mol. The molecule has 0 aliphatic carbocycles. The van der Waals surface area contributed by atoms with Crippen LogP contribution in [0.3, 0.4) is 0 Å². The van der Waals surface area contributed by atoms with Crippen LogP contribution in [0.4, 0.5) is 0 Å². The summed E-state index contributed by atoms with van der Waals surface area (Å²) in [6.07, 6.45) is 1.46. The van der Waals surface area contributed by atoms with Gasteiger partial charge in [0.25, 0.3) is 0 Å². The molecule has 0 bridgehead atoms. The molecule has 0 aliphatic rings. The molecule has 1 aromatic heterocycles. The molecule has 32 heavy (non-hydrogen) atoms. The van der Waals surface area contributed by atoms with E-state index in [2.05, 4.69) is 4.98 Å². The van der Waals surface area contributed by atoms with Crippen molar-refractivity contribution in [2.45, 2.75) is 52.2 Å². The number of ether oxygens (including phenoxy) is 3. The maximum atomic E-state index is 12.8. The van der Waals surface area contributed by atoms with Gasteiger partial charge in [-0.1, -0.05) is 37.3 Å². The zero-order valence-corrected chi connectivity index (χ0v) is 19.6. The summed E-state index contributed by atoms with van der Waals surface area (Å²) >= 11 is 0. The number of carbonyl (C=O) groups excluding carboxylic acids is 2. The molecule has 2 rings (SSSR count). The molecule has 2 aromatic rings. The minimum atomic E-state index is -0.708. The summed E-state index contributed by atoms with van der Waals surface area (Å²) in [7, 11) is 3.03. The van der Waals surface area contributed by atoms with Gasteiger partial charge in [-0.25, -0.2) is 4.98 Å². The summed E-state index contributed by atoms with van der Waals surface area (Å²) in [6, 6.07) is 11.4. The van der Waals surface area contributed by atoms with Crippen molar-refractivity contribution in [3.63, 3.8) is 0 Å². The van der Waals surface area contributed by atoms with E-state index in [1.165, 1.54) is 19.4 Å². The Hall–Kier alpha value is -2.93. The maximum Gasteiger partial charge on any atom is 0.309 e. The minimum Gasteiger partial charge on any atom is -0.503 e. The van der Waals surface area contributed by atoms with Crippen LogP contribution < -0.4 is 4.74 Å². The number of ketones is 1. The monoisotopic (exact) mass is 443 g/mol. The van der Waals surface area contributed by atoms with Crippen LogP contribution in [0.5, 0.6) is 11.5 Å². The molecule has 0 unspecified atom stereocenters. The lowest BCUT2D eigenvalue weighted by atomic mass is 9.81. The van der Waals surface area contributed by atoms with Gasteiger partial charge in [0.1, 0.15) is 6.10 Å². The van der Waals surface area contributed by atoms with Crippen LogP contribution in [0.15, 0.2) is 42.6 Å². The minimum absolute atomic E-state index is 0.106. The van der Waals surface area contributed by atoms with Crippen LogP contribution in [-0.2, 0) is 20.7 Å². The van der Waals surface area contributed by atoms with Crippen LogP contribution in [0.2, 0.25) is 0 Å². The van der Waals surface area contributed by atoms with Gasteiger partial charge >= 0.3 is 5.97 Å². The Bertz CT molecular complexity index is 912. The first kappa shape index (κ1) is 25.3. The summed E-state index contributed by atoms with van der Waals surface area (Å²) in [5, 5.41) is 10.1. The molecule has 7 heteroatoms. The highest BCUT2D eigenvalue weighted by atomic mass is 16.5. The van der Waals surface area contributed by atoms with Crippen LogP contribution >= 0.6 is 0 Å². The second-order valence-electron chi connectivity index (χ2n) is 8.48. The molecule has 174 valence electrons. The maximum absolute atomic E-state index is 12.8. The second kappa shape index (κ2) is 11.1. The number of aromatic hydroxyl groups is 1. The zero-order chi connectivity index (χ0) is 23.9. The van der Waals surface area contributed by atoms with E-state index < -0.39 is 29.4 Å². The number of esters is 1. The van der Waals surface area contributed by atoms with Crippen molar-refractivity contribution in [1.29, 1.82) is 0 Å². The Morgan fingerprint density at radius 3 is 2.34 bits per heavy atom. The molecule has 0 saturated heterocycles. The molecule has 0 fully saturated rings. The smallest absolute Gasteiger partial charge is 0.309 e. The number of nitrogens with zero attached hydrogens (tertiary/aromatic N) is 1. The molecule has 7 nitrogen and oxygen atoms in total. The predicted molar refractivity (Wildman–Crippen MR) is 121 cm³/mol. The van der Waals surface area contributed by atoms with Gasteiger partial charge in [0.2, 0.25) is 0 Å². The van der Waals surface area contributed by atoms with Gasteiger partial charge in [0.15, 0.2) is 23.0 Å². The first-order valence-corrected chi connectivity index (χ1v) is 10.6. The fourth-order valence-corrected chi connectivity index (χ4v) is 3.64. The van der Waals surface area contributed by atoms with E-state index >= 15 is 0 Å². The highest BCUT2D eigenvalue weighted by Crippen LogP contribution is 2.31. The average Bonchev–Trinajstić information content (AvgIpc) is 2.77. The van der Waals surface area contributed by atoms with Crippen LogP contribution in [0.1, 0.15) is 50.2 Å². The van der Waals surface area contributed by atoms with Crippen molar-refractivity contribution >= 4 is 11.8 Å². The first-order chi connectivity index (χ1) is 15.1. The van der Waals surface area contributed by atoms with Crippen molar-refractivity contribution in [2.24, 2.45) is 11.8 Å². The normalized spacial score (nSPS) is 14.3. The Balaban J connectivity index is 2.08. The Morgan fingerprint density at radius 1 is 1.09 bits per heavy atom. The Morgan fingerprint density at radius 2 is 1.75 bits per heavy atom. The van der Waals surface area contributed by atoms with Gasteiger partial charge in [-0.15, -0.1) is 0 Å². The SMILES string of the molecule is COc1ccnc(C(=O)C[C@@H](C)C(=O)O[C@@H](C)[C@H](Cc2ccccc2)C(C)(C)OC)c1O. The molecule has 1 N–H and O–H groups in total. The lowest BCUT2D eigenvalue weighted by Gasteiger charge is -2.37. The summed E-state index contributed by atoms with van der Waals surface area (Å²) in [5.74, 6) is -1.95. The quantitative estimate of drug-likeness (QED) is 0.410. The van der Waals surface area contributed by atoms with Crippen molar-refractivity contribution in [3.8, 4) is 11.5 Å². The van der Waals surface area contributed by atoms with Crippen molar-refractivity contribution < 1.29 is 28.9 Å². The van der Waals surface area contributed by atoms with Gasteiger partial charge in [0.05, 0.1) is 18.6 Å². The van der Waals surface area contributed by atoms with Crippen LogP contribution in [-0.4, -0.2) is 47.8 Å². The van der Waals surface area contributed by atoms with Crippen molar-refractivity contribution in [1.82, 2.24) is 4.98 Å². The summed E-state index contributed by atoms with van der Waals surface area (Å²) in [4.78, 5) is 29.3. The van der Waals surface area contributed by atoms with Crippen LogP contribution in [0.25, 0.3) is 0 Å². The third-order valence-corrected chi connectivity index (χ3v) is 5.85. The van der Waals surface area contributed by atoms with Crippen molar-refractivity contribution in [2.75, 3.05) is 14.2 Å². The van der Waals surface area contributed by atoms with Crippen LogP contribution in [0, 0.1) is 11.8 Å². The van der Waals surface area contributed by atoms with Gasteiger partial charge in [-0.2, -0.15) is 0 Å². The predicted octanol–water partition coefficient (Wildman–Crippen LogP) is 4.22. The van der Waals surface area contributed by atoms with E-state index in [1.54, 1.807) is 14.0 Å². The van der Waals surface area contributed by atoms with E-state index in [-0.39, 0.29) is 29.5 Å². The van der Waals surface area contributed by atoms with E-state index in [4.69, 9.17) is 14.2 Å². The number of carbonyl (C=O) groups is 2. The molecule has 0 amide bonds. The molecule has 0 aliphatic heterocycles. The van der Waals surface area contributed by atoms with E-state index in [9.17, 15) is 14.7 Å². The molecule has 1 heterocycles. The largest absolute Gasteiger partial charge is 0.503 e. The summed E-state index contributed by atoms with van der Waals surface area (Å²) < 4.78 is 16.5. The van der Waals surface area contributed by atoms with Gasteiger partial charge in [-0.05, 0) is 32.8 Å². The fraction of sp³-hybridized carbons (Fsp3) is 0.480. The van der Waals surface area contributed by atoms with Gasteiger partial charge in [0, 0.05) is 31.7 Å². The third-order valence-electron chi connectivity index (χ3n) is 5.85. The lowest BCUT2D eigenvalue weighted by Crippen LogP contribution is -2.43. The molecule has 1 aromatic carbocycles. The standard InChI is InChI=1S/C25H33NO6/c1-16(14-20(27)22-23(28)21(30-5)12-13-26-22)24(29)32-17(2)19(25(3,4)31-6)15-18-10-8-7-9-11-18/h7-13,16-17,19,28H,14-15H2,1-6H3/t16-,17+,19+/m1/s1. The number of pyridine rings is 1. The first-order valence-electron chi connectivity index (χ1n) is 10.6. The van der Waals surface area contributed by atoms with E-state index in [0.717, 1.165) is 5.56 Å². The third kappa shape index (κ3) is 6.29. The van der Waals surface area contributed by atoms with Gasteiger partial charge < -0.3 is 19.3 Å². The van der Waals surface area contributed by atoms with Gasteiger partial charge in [-0.3, -0.25) is 9.59 Å². The fourth-order valence-electron chi connectivity index (χ4n) is 3.64. The molecule has 3 atom stereocenters. The molecule has 0 spiro atoms. The molecule has 0 radical (unpaired) electrons. The highest BCUT2D eigenvalue weighted by Gasteiger charge is 2.36. The molecule has 0 saturated carbocycles. The second-order valence-corrected chi connectivity index (χ2v) is 8.48. The highest BCUT2D eigenvalue weighted by molar-refractivity contribution is 5.99. The number of aromatic nitrogens is 1. The number of rotatable bonds is 11. The lowest BCUT2D eigenvalue weighted by molar-refractivity contribution is -0.161. The number of Topliss-reactive ketones (excluding diaryl/α,β-unsaturated/α-hetero) is 1. The number of hydrogen-bond acceptors (Lipinski definition) is 7. The number of hydrogen-bond donors (Lipinski definition) is 1.